The Morgan fingerprint density at radius 1 is 0.889 bits per heavy atom. The number of benzene rings is 1. The molecule has 0 aliphatic carbocycles. The summed E-state index contributed by atoms with van der Waals surface area (Å²) in [4.78, 5) is 23.6. The number of carbonyl (C=O) groups excluding carboxylic acids is 2. The largest absolute Gasteiger partial charge is 0.463 e. The predicted molar refractivity (Wildman–Crippen MR) is 109 cm³/mol. The zero-order valence-corrected chi connectivity index (χ0v) is 17.0. The Bertz CT molecular complexity index is 590. The van der Waals surface area contributed by atoms with Crippen molar-refractivity contribution in [1.29, 1.82) is 0 Å². The first-order valence-electron chi connectivity index (χ1n) is 10.2. The predicted octanol–water partition coefficient (Wildman–Crippen LogP) is 5.96. The Morgan fingerprint density at radius 3 is 2.15 bits per heavy atom. The Balaban J connectivity index is 2.21. The molecule has 0 saturated heterocycles. The smallest absolute Gasteiger partial charge is 0.336 e. The van der Waals surface area contributed by atoms with Gasteiger partial charge in [-0.25, -0.2) is 9.59 Å². The van der Waals surface area contributed by atoms with Crippen LogP contribution in [0.15, 0.2) is 36.4 Å². The van der Waals surface area contributed by atoms with Crippen molar-refractivity contribution in [2.45, 2.75) is 78.1 Å². The van der Waals surface area contributed by atoms with Crippen LogP contribution in [-0.2, 0) is 14.3 Å². The standard InChI is InChI=1S/C23H34O4/c1-4-5-6-7-8-9-10-13-18-26-22(24)16-17-23(25)27-21-15-12-11-14-20(21)19(2)3/h11-12,14-17,19H,4-10,13,18H2,1-3H3/b17-16+. The Morgan fingerprint density at radius 2 is 1.48 bits per heavy atom. The van der Waals surface area contributed by atoms with Gasteiger partial charge in [-0.1, -0.05) is 83.9 Å². The molecule has 1 aromatic carbocycles. The van der Waals surface area contributed by atoms with Crippen LogP contribution in [0.5, 0.6) is 5.75 Å². The van der Waals surface area contributed by atoms with Crippen molar-refractivity contribution >= 4 is 11.9 Å². The molecule has 0 spiro atoms. The van der Waals surface area contributed by atoms with Gasteiger partial charge in [-0.05, 0) is 24.0 Å². The maximum atomic E-state index is 11.9. The van der Waals surface area contributed by atoms with E-state index in [0.29, 0.717) is 12.4 Å². The summed E-state index contributed by atoms with van der Waals surface area (Å²) in [5.41, 5.74) is 0.955. The zero-order chi connectivity index (χ0) is 19.9. The fourth-order valence-corrected chi connectivity index (χ4v) is 2.79. The number of hydrogen-bond acceptors (Lipinski definition) is 4. The topological polar surface area (TPSA) is 52.6 Å². The molecule has 0 aliphatic rings. The van der Waals surface area contributed by atoms with Crippen molar-refractivity contribution in [3.8, 4) is 5.75 Å². The first-order valence-corrected chi connectivity index (χ1v) is 10.2. The van der Waals surface area contributed by atoms with E-state index in [9.17, 15) is 9.59 Å². The zero-order valence-electron chi connectivity index (χ0n) is 17.0. The van der Waals surface area contributed by atoms with Crippen LogP contribution in [0.4, 0.5) is 0 Å². The lowest BCUT2D eigenvalue weighted by Gasteiger charge is -2.11. The first-order chi connectivity index (χ1) is 13.0. The summed E-state index contributed by atoms with van der Waals surface area (Å²) in [6.45, 7) is 6.67. The molecule has 0 saturated carbocycles. The second-order valence-electron chi connectivity index (χ2n) is 7.09. The molecule has 0 N–H and O–H groups in total. The van der Waals surface area contributed by atoms with E-state index in [1.54, 1.807) is 6.07 Å². The second-order valence-corrected chi connectivity index (χ2v) is 7.09. The molecule has 4 nitrogen and oxygen atoms in total. The van der Waals surface area contributed by atoms with Gasteiger partial charge >= 0.3 is 11.9 Å². The molecule has 0 aromatic heterocycles. The monoisotopic (exact) mass is 374 g/mol. The highest BCUT2D eigenvalue weighted by Crippen LogP contribution is 2.25. The van der Waals surface area contributed by atoms with E-state index in [1.165, 1.54) is 38.5 Å². The van der Waals surface area contributed by atoms with E-state index in [4.69, 9.17) is 9.47 Å². The van der Waals surface area contributed by atoms with Gasteiger partial charge in [-0.2, -0.15) is 0 Å². The molecule has 1 aromatic rings. The number of carbonyl (C=O) groups is 2. The van der Waals surface area contributed by atoms with E-state index >= 15 is 0 Å². The van der Waals surface area contributed by atoms with E-state index in [0.717, 1.165) is 30.6 Å². The Kier molecular flexibility index (Phi) is 11.9. The molecule has 0 aliphatic heterocycles. The van der Waals surface area contributed by atoms with Crippen molar-refractivity contribution in [1.82, 2.24) is 0 Å². The molecular weight excluding hydrogens is 340 g/mol. The highest BCUT2D eigenvalue weighted by molar-refractivity contribution is 5.92. The summed E-state index contributed by atoms with van der Waals surface area (Å²) in [6.07, 6.45) is 11.8. The maximum absolute atomic E-state index is 11.9. The molecule has 0 radical (unpaired) electrons. The molecule has 0 unspecified atom stereocenters. The maximum Gasteiger partial charge on any atom is 0.336 e. The van der Waals surface area contributed by atoms with Gasteiger partial charge in [-0.15, -0.1) is 0 Å². The molecule has 0 bridgehead atoms. The lowest BCUT2D eigenvalue weighted by Crippen LogP contribution is -2.08. The average molecular weight is 375 g/mol. The molecule has 4 heteroatoms. The first kappa shape index (κ1) is 22.9. The van der Waals surface area contributed by atoms with Crippen molar-refractivity contribution in [2.24, 2.45) is 0 Å². The fourth-order valence-electron chi connectivity index (χ4n) is 2.79. The summed E-state index contributed by atoms with van der Waals surface area (Å²) in [5, 5.41) is 0. The van der Waals surface area contributed by atoms with Gasteiger partial charge in [0.1, 0.15) is 5.75 Å². The number of para-hydroxylation sites is 1. The second kappa shape index (κ2) is 14.0. The molecule has 0 fully saturated rings. The van der Waals surface area contributed by atoms with Crippen molar-refractivity contribution in [3.63, 3.8) is 0 Å². The van der Waals surface area contributed by atoms with Crippen LogP contribution in [-0.4, -0.2) is 18.5 Å². The van der Waals surface area contributed by atoms with Gasteiger partial charge in [0, 0.05) is 12.2 Å². The highest BCUT2D eigenvalue weighted by Gasteiger charge is 2.10. The van der Waals surface area contributed by atoms with Crippen molar-refractivity contribution in [3.05, 3.63) is 42.0 Å². The summed E-state index contributed by atoms with van der Waals surface area (Å²) >= 11 is 0. The fraction of sp³-hybridized carbons (Fsp3) is 0.565. The Hall–Kier alpha value is -2.10. The third kappa shape index (κ3) is 10.6. The third-order valence-corrected chi connectivity index (χ3v) is 4.35. The Labute approximate surface area is 163 Å². The number of unbranched alkanes of at least 4 members (excludes halogenated alkanes) is 7. The summed E-state index contributed by atoms with van der Waals surface area (Å²) < 4.78 is 10.4. The van der Waals surface area contributed by atoms with Crippen LogP contribution < -0.4 is 4.74 Å². The third-order valence-electron chi connectivity index (χ3n) is 4.35. The molecular formula is C23H34O4. The van der Waals surface area contributed by atoms with Crippen LogP contribution in [0.3, 0.4) is 0 Å². The summed E-state index contributed by atoms with van der Waals surface area (Å²) in [5.74, 6) is -0.316. The van der Waals surface area contributed by atoms with Gasteiger partial charge in [-0.3, -0.25) is 0 Å². The van der Waals surface area contributed by atoms with E-state index in [1.807, 2.05) is 32.0 Å². The summed E-state index contributed by atoms with van der Waals surface area (Å²) in [6, 6.07) is 7.40. The lowest BCUT2D eigenvalue weighted by molar-refractivity contribution is -0.138. The molecule has 1 rings (SSSR count). The quantitative estimate of drug-likeness (QED) is 0.185. The summed E-state index contributed by atoms with van der Waals surface area (Å²) in [7, 11) is 0. The average Bonchev–Trinajstić information content (AvgIpc) is 2.65. The lowest BCUT2D eigenvalue weighted by atomic mass is 10.0. The minimum absolute atomic E-state index is 0.245. The van der Waals surface area contributed by atoms with Crippen LogP contribution in [0, 0.1) is 0 Å². The number of hydrogen-bond donors (Lipinski definition) is 0. The van der Waals surface area contributed by atoms with E-state index in [2.05, 4.69) is 6.92 Å². The number of esters is 2. The van der Waals surface area contributed by atoms with Crippen LogP contribution >= 0.6 is 0 Å². The van der Waals surface area contributed by atoms with Crippen LogP contribution in [0.1, 0.15) is 83.6 Å². The van der Waals surface area contributed by atoms with Gasteiger partial charge in [0.25, 0.3) is 0 Å². The van der Waals surface area contributed by atoms with Crippen LogP contribution in [0.25, 0.3) is 0 Å². The highest BCUT2D eigenvalue weighted by atomic mass is 16.5. The van der Waals surface area contributed by atoms with Gasteiger partial charge in [0.2, 0.25) is 0 Å². The minimum Gasteiger partial charge on any atom is -0.463 e. The van der Waals surface area contributed by atoms with E-state index in [-0.39, 0.29) is 5.92 Å². The minimum atomic E-state index is -0.577. The van der Waals surface area contributed by atoms with Gasteiger partial charge in [0.15, 0.2) is 0 Å². The molecule has 0 atom stereocenters. The number of ether oxygens (including phenoxy) is 2. The number of rotatable bonds is 13. The van der Waals surface area contributed by atoms with Gasteiger partial charge < -0.3 is 9.47 Å². The molecule has 150 valence electrons. The molecule has 0 amide bonds. The van der Waals surface area contributed by atoms with Crippen LogP contribution in [0.2, 0.25) is 0 Å². The molecule has 0 heterocycles. The normalized spacial score (nSPS) is 11.1. The molecule has 27 heavy (non-hydrogen) atoms. The SMILES string of the molecule is CCCCCCCCCCOC(=O)/C=C/C(=O)Oc1ccccc1C(C)C. The van der Waals surface area contributed by atoms with E-state index < -0.39 is 11.9 Å². The van der Waals surface area contributed by atoms with Gasteiger partial charge in [0.05, 0.1) is 6.61 Å². The van der Waals surface area contributed by atoms with Crippen molar-refractivity contribution < 1.29 is 19.1 Å². The van der Waals surface area contributed by atoms with Crippen molar-refractivity contribution in [2.75, 3.05) is 6.61 Å².